The Morgan fingerprint density at radius 3 is 2.45 bits per heavy atom. The van der Waals surface area contributed by atoms with E-state index in [1.54, 1.807) is 0 Å². The Morgan fingerprint density at radius 2 is 1.80 bits per heavy atom. The minimum Gasteiger partial charge on any atom is -0.356 e. The highest BCUT2D eigenvalue weighted by molar-refractivity contribution is 5.80. The maximum atomic E-state index is 12.4. The molecule has 4 fully saturated rings. The van der Waals surface area contributed by atoms with Crippen molar-refractivity contribution in [3.8, 4) is 0 Å². The lowest BCUT2D eigenvalue weighted by molar-refractivity contribution is -0.127. The third kappa shape index (κ3) is 2.09. The van der Waals surface area contributed by atoms with Crippen LogP contribution in [-0.2, 0) is 4.79 Å². The molecule has 4 rings (SSSR count). The van der Waals surface area contributed by atoms with Crippen molar-refractivity contribution < 1.29 is 4.79 Å². The van der Waals surface area contributed by atoms with E-state index in [-0.39, 0.29) is 17.9 Å². The fourth-order valence-corrected chi connectivity index (χ4v) is 5.95. The van der Waals surface area contributed by atoms with Gasteiger partial charge in [-0.3, -0.25) is 4.79 Å². The van der Waals surface area contributed by atoms with Crippen LogP contribution in [0.2, 0.25) is 0 Å². The molecule has 20 heavy (non-hydrogen) atoms. The Bertz CT molecular complexity index is 394. The van der Waals surface area contributed by atoms with E-state index in [0.717, 1.165) is 24.3 Å². The van der Waals surface area contributed by atoms with Crippen LogP contribution in [-0.4, -0.2) is 18.5 Å². The summed E-state index contributed by atoms with van der Waals surface area (Å²) in [4.78, 5) is 12.4. The maximum absolute atomic E-state index is 12.4. The molecule has 3 N–H and O–H groups in total. The highest BCUT2D eigenvalue weighted by Crippen LogP contribution is 2.50. The molecule has 0 radical (unpaired) electrons. The zero-order chi connectivity index (χ0) is 13.7. The van der Waals surface area contributed by atoms with Gasteiger partial charge in [-0.05, 0) is 74.5 Å². The normalized spacial score (nSPS) is 49.0. The van der Waals surface area contributed by atoms with Crippen molar-refractivity contribution in [3.05, 3.63) is 0 Å². The van der Waals surface area contributed by atoms with E-state index in [0.29, 0.717) is 11.8 Å². The Morgan fingerprint density at radius 1 is 1.00 bits per heavy atom. The molecule has 4 bridgehead atoms. The van der Waals surface area contributed by atoms with Crippen LogP contribution < -0.4 is 11.1 Å². The van der Waals surface area contributed by atoms with Crippen molar-refractivity contribution in [1.29, 1.82) is 0 Å². The Labute approximate surface area is 122 Å². The van der Waals surface area contributed by atoms with E-state index in [1.807, 2.05) is 0 Å². The maximum Gasteiger partial charge on any atom is 0.224 e. The van der Waals surface area contributed by atoms with E-state index in [4.69, 9.17) is 5.73 Å². The first-order chi connectivity index (χ1) is 9.72. The molecule has 4 aliphatic rings. The van der Waals surface area contributed by atoms with Crippen LogP contribution in [0.3, 0.4) is 0 Å². The van der Waals surface area contributed by atoms with Gasteiger partial charge in [0.2, 0.25) is 5.91 Å². The summed E-state index contributed by atoms with van der Waals surface area (Å²) in [6.07, 6.45) is 10.7. The number of nitrogens with one attached hydrogen (secondary N) is 1. The molecule has 0 heterocycles. The van der Waals surface area contributed by atoms with Gasteiger partial charge in [0.25, 0.3) is 0 Å². The second kappa shape index (κ2) is 5.01. The molecule has 3 heteroatoms. The molecule has 0 aromatic rings. The zero-order valence-corrected chi connectivity index (χ0v) is 12.4. The minimum atomic E-state index is 0.119. The predicted molar refractivity (Wildman–Crippen MR) is 78.9 cm³/mol. The largest absolute Gasteiger partial charge is 0.356 e. The van der Waals surface area contributed by atoms with Gasteiger partial charge in [-0.15, -0.1) is 0 Å². The molecular weight excluding hydrogens is 248 g/mol. The highest BCUT2D eigenvalue weighted by atomic mass is 16.1. The topological polar surface area (TPSA) is 55.1 Å². The van der Waals surface area contributed by atoms with Crippen LogP contribution in [0.5, 0.6) is 0 Å². The number of hydrogen-bond acceptors (Lipinski definition) is 2. The number of hydrogen-bond donors (Lipinski definition) is 2. The molecule has 7 atom stereocenters. The standard InChI is InChI=1S/C17H28N2O/c18-16-14-4-3-13(9-14)15(16)17(20)19-6-5-12-8-10-1-2-11(12)7-10/h10-16H,1-9,18H2,(H,19,20). The van der Waals surface area contributed by atoms with E-state index in [9.17, 15) is 4.79 Å². The van der Waals surface area contributed by atoms with E-state index in [2.05, 4.69) is 5.32 Å². The van der Waals surface area contributed by atoms with Crippen LogP contribution in [0, 0.1) is 35.5 Å². The van der Waals surface area contributed by atoms with Crippen LogP contribution in [0.25, 0.3) is 0 Å². The number of fused-ring (bicyclic) bond motifs is 4. The lowest BCUT2D eigenvalue weighted by atomic mass is 9.84. The van der Waals surface area contributed by atoms with Gasteiger partial charge < -0.3 is 11.1 Å². The number of amides is 1. The Hall–Kier alpha value is -0.570. The van der Waals surface area contributed by atoms with Gasteiger partial charge in [-0.1, -0.05) is 6.42 Å². The number of carbonyl (C=O) groups excluding carboxylic acids is 1. The van der Waals surface area contributed by atoms with Crippen LogP contribution in [0.15, 0.2) is 0 Å². The summed E-state index contributed by atoms with van der Waals surface area (Å²) in [5.74, 6) is 4.46. The van der Waals surface area contributed by atoms with Crippen molar-refractivity contribution >= 4 is 5.91 Å². The van der Waals surface area contributed by atoms with Crippen LogP contribution >= 0.6 is 0 Å². The first-order valence-electron chi connectivity index (χ1n) is 8.75. The van der Waals surface area contributed by atoms with Crippen molar-refractivity contribution in [3.63, 3.8) is 0 Å². The second-order valence-electron chi connectivity index (χ2n) is 7.95. The highest BCUT2D eigenvalue weighted by Gasteiger charge is 2.49. The molecule has 4 saturated carbocycles. The summed E-state index contributed by atoms with van der Waals surface area (Å²) in [6.45, 7) is 0.882. The third-order valence-corrected chi connectivity index (χ3v) is 6.98. The fraction of sp³-hybridized carbons (Fsp3) is 0.941. The molecule has 0 spiro atoms. The molecule has 1 amide bonds. The fourth-order valence-electron chi connectivity index (χ4n) is 5.95. The Kier molecular flexibility index (Phi) is 3.29. The lowest BCUT2D eigenvalue weighted by Gasteiger charge is -2.27. The van der Waals surface area contributed by atoms with Crippen molar-refractivity contribution in [2.75, 3.05) is 6.54 Å². The summed E-state index contributed by atoms with van der Waals surface area (Å²) in [7, 11) is 0. The van der Waals surface area contributed by atoms with E-state index in [1.165, 1.54) is 51.4 Å². The monoisotopic (exact) mass is 276 g/mol. The van der Waals surface area contributed by atoms with Gasteiger partial charge in [-0.25, -0.2) is 0 Å². The summed E-state index contributed by atoms with van der Waals surface area (Å²) < 4.78 is 0. The van der Waals surface area contributed by atoms with Gasteiger partial charge in [0, 0.05) is 12.6 Å². The van der Waals surface area contributed by atoms with Crippen molar-refractivity contribution in [2.45, 2.75) is 57.4 Å². The van der Waals surface area contributed by atoms with Gasteiger partial charge in [0.1, 0.15) is 0 Å². The molecule has 0 aliphatic heterocycles. The van der Waals surface area contributed by atoms with E-state index < -0.39 is 0 Å². The average molecular weight is 276 g/mol. The molecule has 4 aliphatic carbocycles. The Balaban J connectivity index is 1.25. The smallest absolute Gasteiger partial charge is 0.224 e. The van der Waals surface area contributed by atoms with Crippen LogP contribution in [0.4, 0.5) is 0 Å². The number of carbonyl (C=O) groups is 1. The first-order valence-corrected chi connectivity index (χ1v) is 8.75. The van der Waals surface area contributed by atoms with Gasteiger partial charge in [-0.2, -0.15) is 0 Å². The SMILES string of the molecule is NC1C2CCC(C2)C1C(=O)NCCC1CC2CCC1C2. The van der Waals surface area contributed by atoms with Crippen molar-refractivity contribution in [2.24, 2.45) is 41.2 Å². The molecule has 3 nitrogen and oxygen atoms in total. The number of rotatable bonds is 4. The summed E-state index contributed by atoms with van der Waals surface area (Å²) in [5.41, 5.74) is 6.25. The first kappa shape index (κ1) is 13.1. The molecule has 0 aromatic carbocycles. The molecule has 7 unspecified atom stereocenters. The average Bonchev–Trinajstić information content (AvgIpc) is 3.18. The van der Waals surface area contributed by atoms with Gasteiger partial charge in [0.15, 0.2) is 0 Å². The van der Waals surface area contributed by atoms with Gasteiger partial charge >= 0.3 is 0 Å². The predicted octanol–water partition coefficient (Wildman–Crippen LogP) is 2.30. The molecule has 0 aromatic heterocycles. The molecular formula is C17H28N2O. The quantitative estimate of drug-likeness (QED) is 0.828. The van der Waals surface area contributed by atoms with E-state index >= 15 is 0 Å². The molecule has 112 valence electrons. The summed E-state index contributed by atoms with van der Waals surface area (Å²) in [6, 6.07) is 0.135. The summed E-state index contributed by atoms with van der Waals surface area (Å²) >= 11 is 0. The van der Waals surface area contributed by atoms with Crippen molar-refractivity contribution in [1.82, 2.24) is 5.32 Å². The lowest BCUT2D eigenvalue weighted by Crippen LogP contribution is -2.45. The summed E-state index contributed by atoms with van der Waals surface area (Å²) in [5, 5.41) is 3.21. The third-order valence-electron chi connectivity index (χ3n) is 6.98. The zero-order valence-electron chi connectivity index (χ0n) is 12.4. The van der Waals surface area contributed by atoms with Crippen LogP contribution in [0.1, 0.15) is 51.4 Å². The number of nitrogens with two attached hydrogens (primary N) is 1. The molecule has 0 saturated heterocycles. The second-order valence-corrected chi connectivity index (χ2v) is 7.95. The van der Waals surface area contributed by atoms with Gasteiger partial charge in [0.05, 0.1) is 5.92 Å². The minimum absolute atomic E-state index is 0.119.